The van der Waals surface area contributed by atoms with Crippen molar-refractivity contribution in [2.75, 3.05) is 18.5 Å². The van der Waals surface area contributed by atoms with E-state index in [4.69, 9.17) is 16.3 Å². The number of hydrogen-bond acceptors (Lipinski definition) is 2. The van der Waals surface area contributed by atoms with Gasteiger partial charge in [-0.05, 0) is 30.7 Å². The Balaban J connectivity index is 1.63. The number of ether oxygens (including phenoxy) is 1. The van der Waals surface area contributed by atoms with Crippen LogP contribution in [0.15, 0.2) is 54.6 Å². The quantitative estimate of drug-likeness (QED) is 0.906. The van der Waals surface area contributed by atoms with Gasteiger partial charge in [0.2, 0.25) is 0 Å². The van der Waals surface area contributed by atoms with Crippen LogP contribution in [0, 0.1) is 0 Å². The topological polar surface area (TPSA) is 41.6 Å². The highest BCUT2D eigenvalue weighted by atomic mass is 35.5. The molecule has 0 saturated carbocycles. The summed E-state index contributed by atoms with van der Waals surface area (Å²) in [5.41, 5.74) is 1.91. The van der Waals surface area contributed by atoms with Crippen molar-refractivity contribution in [3.8, 4) is 0 Å². The lowest BCUT2D eigenvalue weighted by Gasteiger charge is -2.38. The minimum absolute atomic E-state index is 0.00807. The van der Waals surface area contributed by atoms with E-state index in [1.807, 2.05) is 42.2 Å². The number of carbonyl (C=O) groups excluding carboxylic acids is 1. The van der Waals surface area contributed by atoms with Gasteiger partial charge in [-0.3, -0.25) is 0 Å². The number of morpholine rings is 1. The molecule has 1 N–H and O–H groups in total. The molecule has 1 aliphatic heterocycles. The summed E-state index contributed by atoms with van der Waals surface area (Å²) < 4.78 is 5.90. The van der Waals surface area contributed by atoms with Crippen molar-refractivity contribution in [3.05, 3.63) is 65.2 Å². The molecule has 0 radical (unpaired) electrons. The van der Waals surface area contributed by atoms with Crippen LogP contribution in [0.2, 0.25) is 5.02 Å². The molecule has 1 saturated heterocycles. The van der Waals surface area contributed by atoms with Crippen molar-refractivity contribution >= 4 is 23.3 Å². The number of nitrogens with zero attached hydrogens (tertiary/aromatic N) is 1. The molecule has 126 valence electrons. The molecule has 2 atom stereocenters. The zero-order valence-corrected chi connectivity index (χ0v) is 14.4. The van der Waals surface area contributed by atoms with E-state index < -0.39 is 0 Å². The molecule has 2 unspecified atom stereocenters. The van der Waals surface area contributed by atoms with Crippen LogP contribution in [-0.2, 0) is 11.2 Å². The van der Waals surface area contributed by atoms with E-state index in [1.165, 1.54) is 5.56 Å². The molecule has 0 spiro atoms. The number of urea groups is 1. The second kappa shape index (κ2) is 7.69. The van der Waals surface area contributed by atoms with E-state index in [-0.39, 0.29) is 18.2 Å². The van der Waals surface area contributed by atoms with Gasteiger partial charge in [0.15, 0.2) is 0 Å². The van der Waals surface area contributed by atoms with Crippen LogP contribution in [-0.4, -0.2) is 36.2 Å². The van der Waals surface area contributed by atoms with E-state index in [2.05, 4.69) is 17.4 Å². The lowest BCUT2D eigenvalue weighted by atomic mass is 10.1. The van der Waals surface area contributed by atoms with Crippen molar-refractivity contribution in [1.29, 1.82) is 0 Å². The van der Waals surface area contributed by atoms with Crippen LogP contribution >= 0.6 is 11.6 Å². The summed E-state index contributed by atoms with van der Waals surface area (Å²) in [4.78, 5) is 14.4. The van der Waals surface area contributed by atoms with Crippen molar-refractivity contribution in [1.82, 2.24) is 4.90 Å². The summed E-state index contributed by atoms with van der Waals surface area (Å²) in [6.07, 6.45) is 0.808. The second-order valence-corrected chi connectivity index (χ2v) is 6.52. The van der Waals surface area contributed by atoms with E-state index in [1.54, 1.807) is 12.1 Å². The first-order valence-corrected chi connectivity index (χ1v) is 8.48. The molecular formula is C19H21ClN2O2. The summed E-state index contributed by atoms with van der Waals surface area (Å²) >= 11 is 5.97. The third-order valence-corrected chi connectivity index (χ3v) is 4.38. The summed E-state index contributed by atoms with van der Waals surface area (Å²) in [5, 5.41) is 3.52. The van der Waals surface area contributed by atoms with E-state index in [9.17, 15) is 4.79 Å². The molecule has 24 heavy (non-hydrogen) atoms. The lowest BCUT2D eigenvalue weighted by Crippen LogP contribution is -2.53. The normalized spacial score (nSPS) is 20.7. The Kier molecular flexibility index (Phi) is 5.38. The number of hydrogen-bond donors (Lipinski definition) is 1. The van der Waals surface area contributed by atoms with Gasteiger partial charge in [-0.15, -0.1) is 0 Å². The zero-order valence-electron chi connectivity index (χ0n) is 13.6. The molecule has 0 aromatic heterocycles. The first kappa shape index (κ1) is 16.8. The van der Waals surface area contributed by atoms with Crippen LogP contribution in [0.25, 0.3) is 0 Å². The Hall–Kier alpha value is -2.04. The van der Waals surface area contributed by atoms with Crippen LogP contribution in [0.5, 0.6) is 0 Å². The number of carbonyl (C=O) groups is 1. The molecule has 5 heteroatoms. The van der Waals surface area contributed by atoms with Crippen molar-refractivity contribution in [2.45, 2.75) is 25.5 Å². The minimum atomic E-state index is -0.119. The predicted octanol–water partition coefficient (Wildman–Crippen LogP) is 4.20. The summed E-state index contributed by atoms with van der Waals surface area (Å²) in [6.45, 7) is 3.11. The molecule has 1 fully saturated rings. The molecule has 0 aliphatic carbocycles. The number of halogens is 1. The van der Waals surface area contributed by atoms with Gasteiger partial charge < -0.3 is 15.0 Å². The zero-order chi connectivity index (χ0) is 16.9. The first-order chi connectivity index (χ1) is 11.6. The molecule has 1 heterocycles. The maximum absolute atomic E-state index is 12.6. The monoisotopic (exact) mass is 344 g/mol. The third kappa shape index (κ3) is 4.28. The molecule has 2 amide bonds. The average molecular weight is 345 g/mol. The summed E-state index contributed by atoms with van der Waals surface area (Å²) in [7, 11) is 0. The van der Waals surface area contributed by atoms with Crippen LogP contribution in [0.4, 0.5) is 10.5 Å². The van der Waals surface area contributed by atoms with E-state index in [0.717, 1.165) is 6.42 Å². The Morgan fingerprint density at radius 3 is 2.79 bits per heavy atom. The lowest BCUT2D eigenvalue weighted by molar-refractivity contribution is -0.0383. The Labute approximate surface area is 147 Å². The predicted molar refractivity (Wildman–Crippen MR) is 96.5 cm³/mol. The van der Waals surface area contributed by atoms with Gasteiger partial charge in [-0.25, -0.2) is 4.79 Å². The third-order valence-electron chi connectivity index (χ3n) is 4.15. The van der Waals surface area contributed by atoms with Gasteiger partial charge in [0.25, 0.3) is 0 Å². The van der Waals surface area contributed by atoms with Crippen molar-refractivity contribution in [3.63, 3.8) is 0 Å². The Morgan fingerprint density at radius 2 is 2.04 bits per heavy atom. The van der Waals surface area contributed by atoms with Gasteiger partial charge in [0.05, 0.1) is 18.8 Å². The molecular weight excluding hydrogens is 324 g/mol. The van der Waals surface area contributed by atoms with Gasteiger partial charge in [0.1, 0.15) is 0 Å². The number of nitrogens with one attached hydrogen (secondary N) is 1. The second-order valence-electron chi connectivity index (χ2n) is 6.09. The first-order valence-electron chi connectivity index (χ1n) is 8.10. The van der Waals surface area contributed by atoms with Crippen LogP contribution in [0.3, 0.4) is 0 Å². The van der Waals surface area contributed by atoms with Gasteiger partial charge in [0, 0.05) is 23.7 Å². The highest BCUT2D eigenvalue weighted by Gasteiger charge is 2.29. The van der Waals surface area contributed by atoms with Crippen molar-refractivity contribution < 1.29 is 9.53 Å². The fourth-order valence-electron chi connectivity index (χ4n) is 2.86. The van der Waals surface area contributed by atoms with Crippen LogP contribution < -0.4 is 5.32 Å². The largest absolute Gasteiger partial charge is 0.374 e. The minimum Gasteiger partial charge on any atom is -0.374 e. The fourth-order valence-corrected chi connectivity index (χ4v) is 3.05. The molecule has 2 aromatic carbocycles. The van der Waals surface area contributed by atoms with Crippen LogP contribution in [0.1, 0.15) is 12.5 Å². The van der Waals surface area contributed by atoms with Crippen molar-refractivity contribution in [2.24, 2.45) is 0 Å². The molecule has 1 aliphatic rings. The standard InChI is InChI=1S/C19H21ClN2O2/c1-14-13-24-18(10-15-6-3-2-4-7-15)12-22(14)19(23)21-17-9-5-8-16(20)11-17/h2-9,11,14,18H,10,12-13H2,1H3,(H,21,23). The molecule has 2 aromatic rings. The average Bonchev–Trinajstić information content (AvgIpc) is 2.57. The van der Waals surface area contributed by atoms with Gasteiger partial charge >= 0.3 is 6.03 Å². The van der Waals surface area contributed by atoms with E-state index >= 15 is 0 Å². The molecule has 3 rings (SSSR count). The fraction of sp³-hybridized carbons (Fsp3) is 0.316. The Morgan fingerprint density at radius 1 is 1.25 bits per heavy atom. The number of rotatable bonds is 3. The highest BCUT2D eigenvalue weighted by Crippen LogP contribution is 2.19. The number of amides is 2. The Bertz CT molecular complexity index is 693. The number of benzene rings is 2. The SMILES string of the molecule is CC1COC(Cc2ccccc2)CN1C(=O)Nc1cccc(Cl)c1. The smallest absolute Gasteiger partial charge is 0.322 e. The number of anilines is 1. The highest BCUT2D eigenvalue weighted by molar-refractivity contribution is 6.30. The maximum atomic E-state index is 12.6. The summed E-state index contributed by atoms with van der Waals surface area (Å²) in [5.74, 6) is 0. The summed E-state index contributed by atoms with van der Waals surface area (Å²) in [6, 6.07) is 17.3. The molecule has 4 nitrogen and oxygen atoms in total. The molecule has 0 bridgehead atoms. The van der Waals surface area contributed by atoms with Gasteiger partial charge in [-0.1, -0.05) is 48.0 Å². The maximum Gasteiger partial charge on any atom is 0.322 e. The van der Waals surface area contributed by atoms with Gasteiger partial charge in [-0.2, -0.15) is 0 Å². The van der Waals surface area contributed by atoms with E-state index in [0.29, 0.717) is 23.9 Å².